The summed E-state index contributed by atoms with van der Waals surface area (Å²) in [4.78, 5) is 6.51. The van der Waals surface area contributed by atoms with Crippen LogP contribution in [0.1, 0.15) is 0 Å². The molecule has 16 heavy (non-hydrogen) atoms. The van der Waals surface area contributed by atoms with E-state index in [2.05, 4.69) is 31.9 Å². The Bertz CT molecular complexity index is 499. The molecule has 0 atom stereocenters. The van der Waals surface area contributed by atoms with Crippen LogP contribution in [0, 0.1) is 0 Å². The minimum atomic E-state index is 0.650. The van der Waals surface area contributed by atoms with Gasteiger partial charge in [0.25, 0.3) is 0 Å². The molecule has 0 aliphatic carbocycles. The fraction of sp³-hybridized carbons (Fsp3) is 0.250. The third-order valence-corrected chi connectivity index (χ3v) is 3.05. The number of benzene rings is 1. The number of nitrogens with two attached hydrogens (primary N) is 1. The van der Waals surface area contributed by atoms with Crippen molar-refractivity contribution >= 4 is 32.5 Å². The lowest BCUT2D eigenvalue weighted by Gasteiger charge is -2.19. The van der Waals surface area contributed by atoms with Crippen molar-refractivity contribution in [1.82, 2.24) is 4.98 Å². The van der Waals surface area contributed by atoms with E-state index in [-0.39, 0.29) is 0 Å². The van der Waals surface area contributed by atoms with Gasteiger partial charge in [0.15, 0.2) is 0 Å². The Hall–Kier alpha value is -1.13. The van der Waals surface area contributed by atoms with E-state index >= 15 is 0 Å². The Balaban J connectivity index is 2.53. The summed E-state index contributed by atoms with van der Waals surface area (Å²) in [7, 11) is 2.05. The molecule has 0 aliphatic rings. The van der Waals surface area contributed by atoms with Gasteiger partial charge < -0.3 is 10.6 Å². The molecule has 0 bridgehead atoms. The molecule has 0 amide bonds. The van der Waals surface area contributed by atoms with E-state index in [0.717, 1.165) is 21.9 Å². The number of hydrogen-bond acceptors (Lipinski definition) is 3. The summed E-state index contributed by atoms with van der Waals surface area (Å²) in [6, 6.07) is 8.15. The zero-order valence-corrected chi connectivity index (χ0v) is 10.7. The molecular weight excluding hydrogens is 266 g/mol. The molecule has 84 valence electrons. The first-order valence-corrected chi connectivity index (χ1v) is 5.97. The van der Waals surface area contributed by atoms with E-state index in [1.165, 1.54) is 5.69 Å². The zero-order valence-electron chi connectivity index (χ0n) is 9.15. The Morgan fingerprint density at radius 3 is 2.94 bits per heavy atom. The summed E-state index contributed by atoms with van der Waals surface area (Å²) in [5, 5.41) is 1.15. The van der Waals surface area contributed by atoms with Crippen molar-refractivity contribution in [2.24, 2.45) is 5.73 Å². The number of fused-ring (bicyclic) bond motifs is 1. The lowest BCUT2D eigenvalue weighted by atomic mass is 10.2. The van der Waals surface area contributed by atoms with Crippen LogP contribution in [0.2, 0.25) is 0 Å². The Kier molecular flexibility index (Phi) is 3.41. The van der Waals surface area contributed by atoms with E-state index in [1.807, 2.05) is 31.4 Å². The second-order valence-corrected chi connectivity index (χ2v) is 4.62. The predicted octanol–water partition coefficient (Wildman–Crippen LogP) is 2.39. The van der Waals surface area contributed by atoms with Crippen molar-refractivity contribution in [3.63, 3.8) is 0 Å². The highest BCUT2D eigenvalue weighted by Crippen LogP contribution is 2.26. The van der Waals surface area contributed by atoms with Gasteiger partial charge in [0.05, 0.1) is 5.52 Å². The summed E-state index contributed by atoms with van der Waals surface area (Å²) >= 11 is 3.45. The van der Waals surface area contributed by atoms with Crippen LogP contribution < -0.4 is 10.6 Å². The molecule has 0 saturated carbocycles. The number of halogens is 1. The molecule has 1 aromatic heterocycles. The first-order valence-electron chi connectivity index (χ1n) is 5.18. The quantitative estimate of drug-likeness (QED) is 0.938. The molecular formula is C12H14BrN3. The molecule has 0 saturated heterocycles. The molecule has 2 N–H and O–H groups in total. The highest BCUT2D eigenvalue weighted by molar-refractivity contribution is 9.10. The highest BCUT2D eigenvalue weighted by atomic mass is 79.9. The number of aromatic nitrogens is 1. The van der Waals surface area contributed by atoms with Gasteiger partial charge in [0.1, 0.15) is 0 Å². The van der Waals surface area contributed by atoms with Gasteiger partial charge in [0.2, 0.25) is 0 Å². The number of nitrogens with zero attached hydrogens (tertiary/aromatic N) is 2. The van der Waals surface area contributed by atoms with Crippen LogP contribution in [-0.2, 0) is 0 Å². The molecule has 1 aromatic carbocycles. The Morgan fingerprint density at radius 2 is 2.19 bits per heavy atom. The Labute approximate surface area is 103 Å². The topological polar surface area (TPSA) is 42.1 Å². The van der Waals surface area contributed by atoms with Crippen LogP contribution >= 0.6 is 15.9 Å². The van der Waals surface area contributed by atoms with Crippen LogP contribution in [-0.4, -0.2) is 25.1 Å². The van der Waals surface area contributed by atoms with Gasteiger partial charge in [-0.3, -0.25) is 4.98 Å². The van der Waals surface area contributed by atoms with Crippen LogP contribution in [0.3, 0.4) is 0 Å². The largest absolute Gasteiger partial charge is 0.373 e. The summed E-state index contributed by atoms with van der Waals surface area (Å²) in [5.41, 5.74) is 7.74. The number of anilines is 1. The molecule has 2 aromatic rings. The Morgan fingerprint density at radius 1 is 1.38 bits per heavy atom. The van der Waals surface area contributed by atoms with Gasteiger partial charge in [-0.2, -0.15) is 0 Å². The minimum Gasteiger partial charge on any atom is -0.373 e. The van der Waals surface area contributed by atoms with Gasteiger partial charge >= 0.3 is 0 Å². The zero-order chi connectivity index (χ0) is 11.5. The van der Waals surface area contributed by atoms with E-state index in [1.54, 1.807) is 0 Å². The molecule has 0 radical (unpaired) electrons. The first kappa shape index (κ1) is 11.4. The van der Waals surface area contributed by atoms with E-state index in [9.17, 15) is 0 Å². The van der Waals surface area contributed by atoms with Crippen LogP contribution in [0.25, 0.3) is 10.9 Å². The maximum atomic E-state index is 5.57. The van der Waals surface area contributed by atoms with E-state index < -0.39 is 0 Å². The normalized spacial score (nSPS) is 10.7. The van der Waals surface area contributed by atoms with Crippen molar-refractivity contribution in [3.05, 3.63) is 34.9 Å². The molecule has 2 rings (SSSR count). The predicted molar refractivity (Wildman–Crippen MR) is 71.8 cm³/mol. The van der Waals surface area contributed by atoms with Crippen molar-refractivity contribution < 1.29 is 0 Å². The van der Waals surface area contributed by atoms with Crippen molar-refractivity contribution in [2.75, 3.05) is 25.0 Å². The molecule has 0 unspecified atom stereocenters. The number of rotatable bonds is 3. The van der Waals surface area contributed by atoms with E-state index in [0.29, 0.717) is 6.54 Å². The van der Waals surface area contributed by atoms with Crippen LogP contribution in [0.4, 0.5) is 5.69 Å². The SMILES string of the molecule is CN(CCN)c1ccnc2cc(Br)ccc12. The summed E-state index contributed by atoms with van der Waals surface area (Å²) in [6.07, 6.45) is 1.83. The summed E-state index contributed by atoms with van der Waals surface area (Å²) in [5.74, 6) is 0. The molecule has 0 aliphatic heterocycles. The maximum Gasteiger partial charge on any atom is 0.0734 e. The lowest BCUT2D eigenvalue weighted by Crippen LogP contribution is -2.25. The summed E-state index contributed by atoms with van der Waals surface area (Å²) in [6.45, 7) is 1.49. The minimum absolute atomic E-state index is 0.650. The lowest BCUT2D eigenvalue weighted by molar-refractivity contribution is 0.888. The molecule has 0 spiro atoms. The van der Waals surface area contributed by atoms with Gasteiger partial charge in [-0.25, -0.2) is 0 Å². The van der Waals surface area contributed by atoms with E-state index in [4.69, 9.17) is 5.73 Å². The van der Waals surface area contributed by atoms with Crippen LogP contribution in [0.15, 0.2) is 34.9 Å². The second-order valence-electron chi connectivity index (χ2n) is 3.70. The molecule has 4 heteroatoms. The number of pyridine rings is 1. The van der Waals surface area contributed by atoms with Gasteiger partial charge in [-0.1, -0.05) is 15.9 Å². The van der Waals surface area contributed by atoms with Crippen molar-refractivity contribution in [3.8, 4) is 0 Å². The van der Waals surface area contributed by atoms with Crippen molar-refractivity contribution in [1.29, 1.82) is 0 Å². The second kappa shape index (κ2) is 4.80. The molecule has 3 nitrogen and oxygen atoms in total. The van der Waals surface area contributed by atoms with Gasteiger partial charge in [-0.15, -0.1) is 0 Å². The fourth-order valence-electron chi connectivity index (χ4n) is 1.75. The average molecular weight is 280 g/mol. The number of hydrogen-bond donors (Lipinski definition) is 1. The summed E-state index contributed by atoms with van der Waals surface area (Å²) < 4.78 is 1.05. The maximum absolute atomic E-state index is 5.57. The first-order chi connectivity index (χ1) is 7.72. The van der Waals surface area contributed by atoms with Crippen LogP contribution in [0.5, 0.6) is 0 Å². The highest BCUT2D eigenvalue weighted by Gasteiger charge is 2.05. The smallest absolute Gasteiger partial charge is 0.0734 e. The monoisotopic (exact) mass is 279 g/mol. The molecule has 1 heterocycles. The van der Waals surface area contributed by atoms with Gasteiger partial charge in [0, 0.05) is 41.9 Å². The van der Waals surface area contributed by atoms with Crippen molar-refractivity contribution in [2.45, 2.75) is 0 Å². The average Bonchev–Trinajstić information content (AvgIpc) is 2.28. The molecule has 0 fully saturated rings. The number of likely N-dealkylation sites (N-methyl/N-ethyl adjacent to an activating group) is 1. The standard InChI is InChI=1S/C12H14BrN3/c1-16(7-5-14)12-4-6-15-11-8-9(13)2-3-10(11)12/h2-4,6,8H,5,7,14H2,1H3. The van der Waals surface area contributed by atoms with Gasteiger partial charge in [-0.05, 0) is 24.3 Å². The third-order valence-electron chi connectivity index (χ3n) is 2.56. The fourth-order valence-corrected chi connectivity index (χ4v) is 2.10. The third kappa shape index (κ3) is 2.18.